The Bertz CT molecular complexity index is 1360. The zero-order chi connectivity index (χ0) is 22.6. The Morgan fingerprint density at radius 1 is 1.03 bits per heavy atom. The van der Waals surface area contributed by atoms with E-state index in [1.165, 1.54) is 17.3 Å². The number of hydrogen-bond acceptors (Lipinski definition) is 5. The molecule has 3 aromatic carbocycles. The standard InChI is InChI=1S/C26H23N3O2S2/c30-23(27-21-12-6-10-19-9-4-5-11-20(19)21)17-33-26-28-22-14-16-32-24(22)25(31)29(26)15-13-18-7-2-1-3-8-18/h1-12H,13-17H2,(H,27,30). The average molecular weight is 474 g/mol. The van der Waals surface area contributed by atoms with Crippen molar-refractivity contribution in [3.63, 3.8) is 0 Å². The van der Waals surface area contributed by atoms with E-state index >= 15 is 0 Å². The Balaban J connectivity index is 1.34. The van der Waals surface area contributed by atoms with Gasteiger partial charge >= 0.3 is 0 Å². The van der Waals surface area contributed by atoms with Gasteiger partial charge in [0.2, 0.25) is 5.91 Å². The number of rotatable bonds is 7. The van der Waals surface area contributed by atoms with Gasteiger partial charge in [-0.05, 0) is 23.4 Å². The molecule has 0 bridgehead atoms. The fraction of sp³-hybridized carbons (Fsp3) is 0.192. The summed E-state index contributed by atoms with van der Waals surface area (Å²) in [5, 5.41) is 5.72. The minimum Gasteiger partial charge on any atom is -0.325 e. The third-order valence-electron chi connectivity index (χ3n) is 5.61. The highest BCUT2D eigenvalue weighted by atomic mass is 32.2. The Labute approximate surface area is 200 Å². The number of benzene rings is 3. The second-order valence-corrected chi connectivity index (χ2v) is 9.87. The Hall–Kier alpha value is -3.03. The minimum atomic E-state index is -0.116. The highest BCUT2D eigenvalue weighted by Gasteiger charge is 2.22. The predicted octanol–water partition coefficient (Wildman–Crippen LogP) is 5.02. The molecule has 5 rings (SSSR count). The van der Waals surface area contributed by atoms with Gasteiger partial charge in [0.25, 0.3) is 5.56 Å². The van der Waals surface area contributed by atoms with E-state index in [2.05, 4.69) is 17.4 Å². The number of carbonyl (C=O) groups excluding carboxylic acids is 1. The van der Waals surface area contributed by atoms with E-state index in [0.29, 0.717) is 11.7 Å². The molecule has 0 atom stereocenters. The van der Waals surface area contributed by atoms with Crippen molar-refractivity contribution in [1.82, 2.24) is 9.55 Å². The monoisotopic (exact) mass is 473 g/mol. The van der Waals surface area contributed by atoms with E-state index in [9.17, 15) is 9.59 Å². The quantitative estimate of drug-likeness (QED) is 0.302. The van der Waals surface area contributed by atoms with E-state index in [1.807, 2.05) is 60.7 Å². The summed E-state index contributed by atoms with van der Waals surface area (Å²) in [7, 11) is 0. The molecule has 2 heterocycles. The van der Waals surface area contributed by atoms with Crippen molar-refractivity contribution < 1.29 is 4.79 Å². The van der Waals surface area contributed by atoms with Gasteiger partial charge in [-0.2, -0.15) is 0 Å². The molecule has 1 N–H and O–H groups in total. The van der Waals surface area contributed by atoms with Crippen LogP contribution in [0.3, 0.4) is 0 Å². The van der Waals surface area contributed by atoms with Crippen LogP contribution in [0.1, 0.15) is 11.3 Å². The first-order valence-electron chi connectivity index (χ1n) is 10.9. The molecule has 0 saturated carbocycles. The molecule has 0 radical (unpaired) electrons. The van der Waals surface area contributed by atoms with Gasteiger partial charge in [0.1, 0.15) is 0 Å². The maximum absolute atomic E-state index is 13.2. The van der Waals surface area contributed by atoms with Crippen LogP contribution < -0.4 is 10.9 Å². The number of amides is 1. The van der Waals surface area contributed by atoms with Gasteiger partial charge < -0.3 is 5.32 Å². The summed E-state index contributed by atoms with van der Waals surface area (Å²) < 4.78 is 1.74. The molecule has 0 saturated heterocycles. The van der Waals surface area contributed by atoms with Crippen LogP contribution in [-0.2, 0) is 24.2 Å². The summed E-state index contributed by atoms with van der Waals surface area (Å²) in [6.45, 7) is 0.539. The lowest BCUT2D eigenvalue weighted by molar-refractivity contribution is -0.113. The van der Waals surface area contributed by atoms with Crippen LogP contribution in [0.25, 0.3) is 10.8 Å². The zero-order valence-corrected chi connectivity index (χ0v) is 19.6. The molecular weight excluding hydrogens is 450 g/mol. The lowest BCUT2D eigenvalue weighted by Crippen LogP contribution is -2.27. The lowest BCUT2D eigenvalue weighted by Gasteiger charge is -2.14. The van der Waals surface area contributed by atoms with E-state index in [-0.39, 0.29) is 17.2 Å². The Morgan fingerprint density at radius 2 is 1.82 bits per heavy atom. The van der Waals surface area contributed by atoms with Gasteiger partial charge in [0.15, 0.2) is 5.16 Å². The fourth-order valence-electron chi connectivity index (χ4n) is 3.97. The number of aromatic nitrogens is 2. The molecule has 166 valence electrons. The van der Waals surface area contributed by atoms with Crippen LogP contribution in [0, 0.1) is 0 Å². The summed E-state index contributed by atoms with van der Waals surface area (Å²) in [6, 6.07) is 24.0. The normalized spacial score (nSPS) is 12.6. The smallest absolute Gasteiger partial charge is 0.268 e. The van der Waals surface area contributed by atoms with Gasteiger partial charge in [0.05, 0.1) is 16.3 Å². The first-order valence-corrected chi connectivity index (χ1v) is 12.9. The van der Waals surface area contributed by atoms with Crippen molar-refractivity contribution >= 4 is 45.9 Å². The van der Waals surface area contributed by atoms with Crippen molar-refractivity contribution in [1.29, 1.82) is 0 Å². The van der Waals surface area contributed by atoms with Crippen molar-refractivity contribution in [3.8, 4) is 0 Å². The largest absolute Gasteiger partial charge is 0.325 e. The minimum absolute atomic E-state index is 0.00962. The third kappa shape index (κ3) is 4.84. The summed E-state index contributed by atoms with van der Waals surface area (Å²) >= 11 is 2.91. The topological polar surface area (TPSA) is 64.0 Å². The molecule has 0 fully saturated rings. The van der Waals surface area contributed by atoms with Gasteiger partial charge in [-0.25, -0.2) is 4.98 Å². The molecule has 1 aliphatic rings. The molecule has 1 aromatic heterocycles. The number of anilines is 1. The van der Waals surface area contributed by atoms with E-state index in [1.54, 1.807) is 16.3 Å². The maximum Gasteiger partial charge on any atom is 0.268 e. The van der Waals surface area contributed by atoms with E-state index in [0.717, 1.165) is 45.6 Å². The fourth-order valence-corrected chi connectivity index (χ4v) is 5.85. The predicted molar refractivity (Wildman–Crippen MR) is 136 cm³/mol. The number of thioether (sulfide) groups is 2. The van der Waals surface area contributed by atoms with Gasteiger partial charge in [-0.15, -0.1) is 11.8 Å². The third-order valence-corrected chi connectivity index (χ3v) is 7.69. The van der Waals surface area contributed by atoms with Crippen LogP contribution in [0.15, 0.2) is 87.6 Å². The van der Waals surface area contributed by atoms with Crippen LogP contribution in [0.2, 0.25) is 0 Å². The van der Waals surface area contributed by atoms with Crippen molar-refractivity contribution in [3.05, 3.63) is 94.4 Å². The number of fused-ring (bicyclic) bond motifs is 2. The number of nitrogens with zero attached hydrogens (tertiary/aromatic N) is 2. The average Bonchev–Trinajstić information content (AvgIpc) is 3.32. The summed E-state index contributed by atoms with van der Waals surface area (Å²) in [6.07, 6.45) is 1.53. The highest BCUT2D eigenvalue weighted by molar-refractivity contribution is 8.00. The molecule has 5 nitrogen and oxygen atoms in total. The van der Waals surface area contributed by atoms with E-state index < -0.39 is 0 Å². The molecule has 0 aliphatic carbocycles. The number of aryl methyl sites for hydroxylation is 2. The van der Waals surface area contributed by atoms with Crippen molar-refractivity contribution in [2.45, 2.75) is 29.4 Å². The molecule has 0 unspecified atom stereocenters. The lowest BCUT2D eigenvalue weighted by atomic mass is 10.1. The molecule has 4 aromatic rings. The first-order chi connectivity index (χ1) is 16.2. The first kappa shape index (κ1) is 21.8. The molecule has 33 heavy (non-hydrogen) atoms. The maximum atomic E-state index is 13.2. The molecule has 1 aliphatic heterocycles. The van der Waals surface area contributed by atoms with E-state index in [4.69, 9.17) is 4.98 Å². The molecule has 0 spiro atoms. The van der Waals surface area contributed by atoms with Gasteiger partial charge in [-0.3, -0.25) is 14.2 Å². The Kier molecular flexibility index (Phi) is 6.51. The summed E-state index contributed by atoms with van der Waals surface area (Å²) in [5.41, 5.74) is 2.83. The number of hydrogen-bond donors (Lipinski definition) is 1. The van der Waals surface area contributed by atoms with Crippen molar-refractivity contribution in [2.24, 2.45) is 0 Å². The van der Waals surface area contributed by atoms with Crippen LogP contribution >= 0.6 is 23.5 Å². The zero-order valence-electron chi connectivity index (χ0n) is 18.0. The van der Waals surface area contributed by atoms with Crippen molar-refractivity contribution in [2.75, 3.05) is 16.8 Å². The van der Waals surface area contributed by atoms with Crippen LogP contribution in [0.4, 0.5) is 5.69 Å². The molecular formula is C26H23N3O2S2. The number of carbonyl (C=O) groups is 1. The number of nitrogens with one attached hydrogen (secondary N) is 1. The van der Waals surface area contributed by atoms with Gasteiger partial charge in [0, 0.05) is 29.8 Å². The van der Waals surface area contributed by atoms with Crippen LogP contribution in [-0.4, -0.2) is 27.0 Å². The highest BCUT2D eigenvalue weighted by Crippen LogP contribution is 2.29. The summed E-state index contributed by atoms with van der Waals surface area (Å²) in [5.74, 6) is 0.953. The second kappa shape index (κ2) is 9.85. The Morgan fingerprint density at radius 3 is 2.70 bits per heavy atom. The van der Waals surface area contributed by atoms with Gasteiger partial charge in [-0.1, -0.05) is 78.5 Å². The SMILES string of the molecule is O=C(CSc1nc2c(c(=O)n1CCc1ccccc1)SCC2)Nc1cccc2ccccc12. The molecule has 1 amide bonds. The van der Waals surface area contributed by atoms with Crippen LogP contribution in [0.5, 0.6) is 0 Å². The molecule has 7 heteroatoms. The second-order valence-electron chi connectivity index (χ2n) is 7.82. The summed E-state index contributed by atoms with van der Waals surface area (Å²) in [4.78, 5) is 31.5.